The first-order valence-electron chi connectivity index (χ1n) is 12.1. The molecule has 1 atom stereocenters. The number of ether oxygens (including phenoxy) is 1. The van der Waals surface area contributed by atoms with Gasteiger partial charge in [-0.15, -0.1) is 0 Å². The molecular weight excluding hydrogens is 428 g/mol. The lowest BCUT2D eigenvalue weighted by molar-refractivity contribution is 0.0852. The van der Waals surface area contributed by atoms with Crippen LogP contribution < -0.4 is 5.32 Å². The van der Waals surface area contributed by atoms with E-state index in [9.17, 15) is 9.90 Å². The maximum absolute atomic E-state index is 12.9. The first-order valence-corrected chi connectivity index (χ1v) is 12.1. The van der Waals surface area contributed by atoms with Crippen LogP contribution in [0.3, 0.4) is 0 Å². The van der Waals surface area contributed by atoms with Crippen LogP contribution in [0.15, 0.2) is 60.8 Å². The van der Waals surface area contributed by atoms with E-state index in [1.165, 1.54) is 10.9 Å². The Labute approximate surface area is 200 Å². The number of carbonyl (C=O) groups is 1. The van der Waals surface area contributed by atoms with E-state index in [1.54, 1.807) is 9.80 Å². The predicted molar refractivity (Wildman–Crippen MR) is 133 cm³/mol. The standard InChI is InChI=1S/C27H32N4O3/c32-26(17-29-24-7-5-20-3-1-2-4-22(20)15-24)19-31-12-11-30(27(31)33)18-25-8-6-23(16-28-25)21-9-13-34-14-10-21/h1-8,15-16,21,26,29,32H,9-14,17-19H2. The van der Waals surface area contributed by atoms with Crippen LogP contribution in [0.5, 0.6) is 0 Å². The van der Waals surface area contributed by atoms with Crippen molar-refractivity contribution in [2.45, 2.75) is 31.4 Å². The number of nitrogens with zero attached hydrogens (tertiary/aromatic N) is 3. The molecule has 0 aliphatic carbocycles. The van der Waals surface area contributed by atoms with Crippen LogP contribution in [-0.2, 0) is 11.3 Å². The van der Waals surface area contributed by atoms with Crippen LogP contribution in [0.4, 0.5) is 10.5 Å². The molecule has 3 heterocycles. The number of aromatic nitrogens is 1. The number of carbonyl (C=O) groups excluding carboxylic acids is 1. The van der Waals surface area contributed by atoms with Crippen LogP contribution >= 0.6 is 0 Å². The van der Waals surface area contributed by atoms with Gasteiger partial charge in [0.15, 0.2) is 0 Å². The van der Waals surface area contributed by atoms with Gasteiger partial charge in [0.2, 0.25) is 0 Å². The van der Waals surface area contributed by atoms with Gasteiger partial charge in [-0.25, -0.2) is 4.79 Å². The molecule has 2 fully saturated rings. The third kappa shape index (κ3) is 5.32. The fourth-order valence-corrected chi connectivity index (χ4v) is 4.80. The Morgan fingerprint density at radius 1 is 1.03 bits per heavy atom. The smallest absolute Gasteiger partial charge is 0.320 e. The van der Waals surface area contributed by atoms with Gasteiger partial charge < -0.3 is 25.0 Å². The monoisotopic (exact) mass is 460 g/mol. The summed E-state index contributed by atoms with van der Waals surface area (Å²) in [5.74, 6) is 0.518. The lowest BCUT2D eigenvalue weighted by Gasteiger charge is -2.23. The summed E-state index contributed by atoms with van der Waals surface area (Å²) in [5, 5.41) is 16.2. The van der Waals surface area contributed by atoms with E-state index in [0.717, 1.165) is 42.8 Å². The Balaban J connectivity index is 1.10. The van der Waals surface area contributed by atoms with Crippen molar-refractivity contribution in [2.24, 2.45) is 0 Å². The molecule has 34 heavy (non-hydrogen) atoms. The van der Waals surface area contributed by atoms with Crippen molar-refractivity contribution in [1.82, 2.24) is 14.8 Å². The highest BCUT2D eigenvalue weighted by atomic mass is 16.5. The molecule has 2 aliphatic heterocycles. The number of hydrogen-bond donors (Lipinski definition) is 2. The number of benzene rings is 2. The van der Waals surface area contributed by atoms with Gasteiger partial charge in [-0.2, -0.15) is 0 Å². The molecule has 2 aliphatic rings. The largest absolute Gasteiger partial charge is 0.389 e. The lowest BCUT2D eigenvalue weighted by Crippen LogP contribution is -2.39. The van der Waals surface area contributed by atoms with Gasteiger partial charge in [-0.3, -0.25) is 4.98 Å². The molecule has 0 saturated carbocycles. The normalized spacial score (nSPS) is 18.0. The highest BCUT2D eigenvalue weighted by Crippen LogP contribution is 2.26. The zero-order valence-electron chi connectivity index (χ0n) is 19.4. The number of rotatable bonds is 8. The molecule has 2 N–H and O–H groups in total. The molecule has 5 rings (SSSR count). The second-order valence-electron chi connectivity index (χ2n) is 9.22. The number of anilines is 1. The minimum Gasteiger partial charge on any atom is -0.389 e. The molecule has 0 radical (unpaired) electrons. The quantitative estimate of drug-likeness (QED) is 0.534. The Hall–Kier alpha value is -3.16. The maximum Gasteiger partial charge on any atom is 0.320 e. The topological polar surface area (TPSA) is 77.9 Å². The Bertz CT molecular complexity index is 1110. The molecule has 2 aromatic carbocycles. The van der Waals surface area contributed by atoms with Crippen molar-refractivity contribution in [3.05, 3.63) is 72.1 Å². The van der Waals surface area contributed by atoms with Crippen LogP contribution in [0.2, 0.25) is 0 Å². The number of fused-ring (bicyclic) bond motifs is 1. The van der Waals surface area contributed by atoms with Gasteiger partial charge in [0.25, 0.3) is 0 Å². The average molecular weight is 461 g/mol. The molecule has 2 saturated heterocycles. The zero-order chi connectivity index (χ0) is 23.3. The summed E-state index contributed by atoms with van der Waals surface area (Å²) in [6.07, 6.45) is 3.38. The van der Waals surface area contributed by atoms with E-state index in [-0.39, 0.29) is 6.03 Å². The van der Waals surface area contributed by atoms with Gasteiger partial charge in [0.1, 0.15) is 0 Å². The lowest BCUT2D eigenvalue weighted by atomic mass is 9.93. The van der Waals surface area contributed by atoms with Crippen LogP contribution in [-0.4, -0.2) is 71.4 Å². The maximum atomic E-state index is 12.9. The van der Waals surface area contributed by atoms with Gasteiger partial charge in [-0.1, -0.05) is 36.4 Å². The van der Waals surface area contributed by atoms with E-state index in [0.29, 0.717) is 38.6 Å². The molecular formula is C27H32N4O3. The van der Waals surface area contributed by atoms with E-state index >= 15 is 0 Å². The number of pyridine rings is 1. The summed E-state index contributed by atoms with van der Waals surface area (Å²) in [5.41, 5.74) is 3.11. The molecule has 178 valence electrons. The summed E-state index contributed by atoms with van der Waals surface area (Å²) in [7, 11) is 0. The molecule has 0 bridgehead atoms. The fourth-order valence-electron chi connectivity index (χ4n) is 4.80. The van der Waals surface area contributed by atoms with Gasteiger partial charge in [0, 0.05) is 44.7 Å². The van der Waals surface area contributed by atoms with Crippen molar-refractivity contribution in [3.63, 3.8) is 0 Å². The summed E-state index contributed by atoms with van der Waals surface area (Å²) >= 11 is 0. The summed E-state index contributed by atoms with van der Waals surface area (Å²) < 4.78 is 5.45. The van der Waals surface area contributed by atoms with Gasteiger partial charge in [0.05, 0.1) is 24.9 Å². The average Bonchev–Trinajstić information content (AvgIpc) is 3.22. The Morgan fingerprint density at radius 3 is 2.62 bits per heavy atom. The SMILES string of the molecule is O=C1N(Cc2ccc(C3CCOCC3)cn2)CCN1CC(O)CNc1ccc2ccccc2c1. The van der Waals surface area contributed by atoms with E-state index in [4.69, 9.17) is 4.74 Å². The van der Waals surface area contributed by atoms with Crippen molar-refractivity contribution < 1.29 is 14.6 Å². The number of urea groups is 1. The molecule has 2 amide bonds. The molecule has 7 heteroatoms. The number of aliphatic hydroxyl groups is 1. The number of amides is 2. The first kappa shape index (κ1) is 22.6. The molecule has 3 aromatic rings. The van der Waals surface area contributed by atoms with Crippen LogP contribution in [0, 0.1) is 0 Å². The summed E-state index contributed by atoms with van der Waals surface area (Å²) in [4.78, 5) is 21.0. The highest BCUT2D eigenvalue weighted by Gasteiger charge is 2.30. The minimum absolute atomic E-state index is 0.0416. The molecule has 1 unspecified atom stereocenters. The van der Waals surface area contributed by atoms with E-state index in [1.807, 2.05) is 30.5 Å². The Kier molecular flexibility index (Phi) is 6.92. The van der Waals surface area contributed by atoms with Crippen molar-refractivity contribution in [3.8, 4) is 0 Å². The van der Waals surface area contributed by atoms with Crippen molar-refractivity contribution >= 4 is 22.5 Å². The second-order valence-corrected chi connectivity index (χ2v) is 9.22. The minimum atomic E-state index is -0.646. The summed E-state index contributed by atoms with van der Waals surface area (Å²) in [6, 6.07) is 18.5. The number of aliphatic hydroxyl groups excluding tert-OH is 1. The highest BCUT2D eigenvalue weighted by molar-refractivity contribution is 5.85. The van der Waals surface area contributed by atoms with Gasteiger partial charge in [-0.05, 0) is 53.3 Å². The van der Waals surface area contributed by atoms with E-state index in [2.05, 4.69) is 40.6 Å². The van der Waals surface area contributed by atoms with Crippen molar-refractivity contribution in [2.75, 3.05) is 44.7 Å². The van der Waals surface area contributed by atoms with Crippen LogP contribution in [0.1, 0.15) is 30.0 Å². The zero-order valence-corrected chi connectivity index (χ0v) is 19.4. The third-order valence-corrected chi connectivity index (χ3v) is 6.80. The molecule has 7 nitrogen and oxygen atoms in total. The first-order chi connectivity index (χ1) is 16.7. The number of hydrogen-bond acceptors (Lipinski definition) is 5. The number of nitrogens with one attached hydrogen (secondary N) is 1. The fraction of sp³-hybridized carbons (Fsp3) is 0.407. The van der Waals surface area contributed by atoms with E-state index < -0.39 is 6.10 Å². The Morgan fingerprint density at radius 2 is 1.82 bits per heavy atom. The predicted octanol–water partition coefficient (Wildman–Crippen LogP) is 3.84. The summed E-state index contributed by atoms with van der Waals surface area (Å²) in [6.45, 7) is 4.08. The van der Waals surface area contributed by atoms with Crippen LogP contribution in [0.25, 0.3) is 10.8 Å². The molecule has 0 spiro atoms. The second kappa shape index (κ2) is 10.4. The number of β-amino-alcohol motifs (C(OH)–C–C–N with tert-alkyl or cyclic N) is 1. The van der Waals surface area contributed by atoms with Gasteiger partial charge >= 0.3 is 6.03 Å². The van der Waals surface area contributed by atoms with Crippen molar-refractivity contribution in [1.29, 1.82) is 0 Å². The molecule has 1 aromatic heterocycles. The third-order valence-electron chi connectivity index (χ3n) is 6.80.